The molecule has 1 aliphatic rings. The maximum atomic E-state index is 10.2. The second-order valence-corrected chi connectivity index (χ2v) is 4.75. The van der Waals surface area contributed by atoms with Crippen LogP contribution in [-0.2, 0) is 0 Å². The predicted molar refractivity (Wildman–Crippen MR) is 70.5 cm³/mol. The minimum Gasteiger partial charge on any atom is -0.458 e. The summed E-state index contributed by atoms with van der Waals surface area (Å²) in [6, 6.07) is 9.78. The van der Waals surface area contributed by atoms with Gasteiger partial charge in [-0.2, -0.15) is 0 Å². The van der Waals surface area contributed by atoms with Gasteiger partial charge in [-0.25, -0.2) is 0 Å². The number of hydrogen-bond donors (Lipinski definition) is 2. The Morgan fingerprint density at radius 1 is 1.28 bits per heavy atom. The Morgan fingerprint density at radius 2 is 2.06 bits per heavy atom. The highest BCUT2D eigenvalue weighted by molar-refractivity contribution is 5.77. The molecule has 18 heavy (non-hydrogen) atoms. The van der Waals surface area contributed by atoms with Crippen LogP contribution in [0.1, 0.15) is 11.9 Å². The van der Waals surface area contributed by atoms with E-state index in [1.807, 2.05) is 30.3 Å². The van der Waals surface area contributed by atoms with Gasteiger partial charge < -0.3 is 14.8 Å². The first-order valence-electron chi connectivity index (χ1n) is 6.42. The van der Waals surface area contributed by atoms with Gasteiger partial charge in [-0.1, -0.05) is 18.2 Å². The van der Waals surface area contributed by atoms with E-state index < -0.39 is 6.10 Å². The third kappa shape index (κ3) is 2.41. The average molecular weight is 246 g/mol. The van der Waals surface area contributed by atoms with Gasteiger partial charge in [0, 0.05) is 38.1 Å². The van der Waals surface area contributed by atoms with Crippen LogP contribution in [0.2, 0.25) is 0 Å². The fourth-order valence-electron chi connectivity index (χ4n) is 2.39. The van der Waals surface area contributed by atoms with Crippen LogP contribution in [0.4, 0.5) is 0 Å². The smallest absolute Gasteiger partial charge is 0.135 e. The van der Waals surface area contributed by atoms with Crippen molar-refractivity contribution in [1.29, 1.82) is 0 Å². The summed E-state index contributed by atoms with van der Waals surface area (Å²) in [5.74, 6) is 0.662. The number of piperazine rings is 1. The zero-order chi connectivity index (χ0) is 12.4. The Morgan fingerprint density at radius 3 is 2.83 bits per heavy atom. The van der Waals surface area contributed by atoms with Gasteiger partial charge in [0.2, 0.25) is 0 Å². The Labute approximate surface area is 106 Å². The molecule has 96 valence electrons. The molecule has 1 saturated heterocycles. The van der Waals surface area contributed by atoms with E-state index in [2.05, 4.69) is 10.2 Å². The van der Waals surface area contributed by atoms with Gasteiger partial charge in [0.1, 0.15) is 17.4 Å². The lowest BCUT2D eigenvalue weighted by atomic mass is 10.2. The highest BCUT2D eigenvalue weighted by Gasteiger charge is 2.18. The third-order valence-electron chi connectivity index (χ3n) is 3.41. The standard InChI is InChI=1S/C14H18N2O2/c17-12(10-16-7-5-15-6-8-16)14-9-11-3-1-2-4-13(11)18-14/h1-4,9,12,15,17H,5-8,10H2. The van der Waals surface area contributed by atoms with Gasteiger partial charge in [0.05, 0.1) is 0 Å². The van der Waals surface area contributed by atoms with E-state index in [4.69, 9.17) is 4.42 Å². The van der Waals surface area contributed by atoms with Crippen LogP contribution in [0.5, 0.6) is 0 Å². The Bertz CT molecular complexity index is 484. The van der Waals surface area contributed by atoms with Crippen molar-refractivity contribution in [2.24, 2.45) is 0 Å². The number of aliphatic hydroxyl groups is 1. The third-order valence-corrected chi connectivity index (χ3v) is 3.41. The molecule has 2 aromatic rings. The van der Waals surface area contributed by atoms with Crippen molar-refractivity contribution < 1.29 is 9.52 Å². The van der Waals surface area contributed by atoms with Crippen LogP contribution in [0.3, 0.4) is 0 Å². The summed E-state index contributed by atoms with van der Waals surface area (Å²) in [5.41, 5.74) is 0.840. The van der Waals surface area contributed by atoms with Crippen LogP contribution >= 0.6 is 0 Å². The van der Waals surface area contributed by atoms with Crippen molar-refractivity contribution in [2.75, 3.05) is 32.7 Å². The number of para-hydroxylation sites is 1. The van der Waals surface area contributed by atoms with Crippen molar-refractivity contribution in [3.8, 4) is 0 Å². The number of β-amino-alcohol motifs (C(OH)–C–C–N with tert-alkyl or cyclic N) is 1. The van der Waals surface area contributed by atoms with Gasteiger partial charge >= 0.3 is 0 Å². The minimum atomic E-state index is -0.546. The normalized spacial score (nSPS) is 19.2. The average Bonchev–Trinajstić information content (AvgIpc) is 2.84. The fourth-order valence-corrected chi connectivity index (χ4v) is 2.39. The van der Waals surface area contributed by atoms with Crippen LogP contribution in [0, 0.1) is 0 Å². The molecule has 3 rings (SSSR count). The maximum Gasteiger partial charge on any atom is 0.135 e. The molecule has 1 aromatic heterocycles. The van der Waals surface area contributed by atoms with Crippen molar-refractivity contribution in [2.45, 2.75) is 6.10 Å². The first-order valence-corrected chi connectivity index (χ1v) is 6.42. The minimum absolute atomic E-state index is 0.546. The molecule has 0 radical (unpaired) electrons. The molecule has 4 heteroatoms. The van der Waals surface area contributed by atoms with Crippen LogP contribution in [0.25, 0.3) is 11.0 Å². The number of fused-ring (bicyclic) bond motifs is 1. The molecule has 0 bridgehead atoms. The second-order valence-electron chi connectivity index (χ2n) is 4.75. The fraction of sp³-hybridized carbons (Fsp3) is 0.429. The number of rotatable bonds is 3. The summed E-state index contributed by atoms with van der Waals surface area (Å²) >= 11 is 0. The summed E-state index contributed by atoms with van der Waals surface area (Å²) in [4.78, 5) is 2.26. The highest BCUT2D eigenvalue weighted by atomic mass is 16.4. The number of nitrogens with zero attached hydrogens (tertiary/aromatic N) is 1. The van der Waals surface area contributed by atoms with E-state index >= 15 is 0 Å². The SMILES string of the molecule is OC(CN1CCNCC1)c1cc2ccccc2o1. The number of aliphatic hydroxyl groups excluding tert-OH is 1. The topological polar surface area (TPSA) is 48.6 Å². The molecule has 0 spiro atoms. The molecular weight excluding hydrogens is 228 g/mol. The van der Waals surface area contributed by atoms with E-state index in [9.17, 15) is 5.11 Å². The second kappa shape index (κ2) is 5.10. The molecule has 1 aromatic carbocycles. The molecule has 0 saturated carbocycles. The summed E-state index contributed by atoms with van der Waals surface area (Å²) in [7, 11) is 0. The molecule has 1 atom stereocenters. The van der Waals surface area contributed by atoms with Crippen molar-refractivity contribution in [3.63, 3.8) is 0 Å². The summed E-state index contributed by atoms with van der Waals surface area (Å²) in [6.45, 7) is 4.59. The van der Waals surface area contributed by atoms with Crippen molar-refractivity contribution in [3.05, 3.63) is 36.1 Å². The van der Waals surface area contributed by atoms with E-state index in [1.165, 1.54) is 0 Å². The number of furan rings is 1. The molecule has 4 nitrogen and oxygen atoms in total. The highest BCUT2D eigenvalue weighted by Crippen LogP contribution is 2.24. The molecule has 1 unspecified atom stereocenters. The lowest BCUT2D eigenvalue weighted by Gasteiger charge is -2.28. The molecule has 0 amide bonds. The number of benzene rings is 1. The number of nitrogens with one attached hydrogen (secondary N) is 1. The molecular formula is C14H18N2O2. The molecule has 0 aliphatic carbocycles. The van der Waals surface area contributed by atoms with Gasteiger partial charge in [0.15, 0.2) is 0 Å². The van der Waals surface area contributed by atoms with E-state index in [1.54, 1.807) is 0 Å². The van der Waals surface area contributed by atoms with Gasteiger partial charge in [0.25, 0.3) is 0 Å². The van der Waals surface area contributed by atoms with E-state index in [0.717, 1.165) is 37.1 Å². The Balaban J connectivity index is 1.72. The van der Waals surface area contributed by atoms with E-state index in [0.29, 0.717) is 12.3 Å². The van der Waals surface area contributed by atoms with E-state index in [-0.39, 0.29) is 0 Å². The summed E-state index contributed by atoms with van der Waals surface area (Å²) in [5, 5.41) is 14.6. The molecule has 2 N–H and O–H groups in total. The quantitative estimate of drug-likeness (QED) is 0.859. The zero-order valence-corrected chi connectivity index (χ0v) is 10.3. The summed E-state index contributed by atoms with van der Waals surface area (Å²) < 4.78 is 5.68. The Hall–Kier alpha value is -1.36. The lowest BCUT2D eigenvalue weighted by molar-refractivity contribution is 0.0897. The van der Waals surface area contributed by atoms with Crippen molar-refractivity contribution >= 4 is 11.0 Å². The lowest BCUT2D eigenvalue weighted by Crippen LogP contribution is -2.44. The first-order chi connectivity index (χ1) is 8.83. The zero-order valence-electron chi connectivity index (χ0n) is 10.3. The molecule has 1 aliphatic heterocycles. The molecule has 1 fully saturated rings. The first kappa shape index (κ1) is 11.7. The maximum absolute atomic E-state index is 10.2. The van der Waals surface area contributed by atoms with Crippen LogP contribution < -0.4 is 5.32 Å². The van der Waals surface area contributed by atoms with Crippen LogP contribution in [0.15, 0.2) is 34.7 Å². The van der Waals surface area contributed by atoms with Gasteiger partial charge in [-0.05, 0) is 12.1 Å². The largest absolute Gasteiger partial charge is 0.458 e. The number of hydrogen-bond acceptors (Lipinski definition) is 4. The Kier molecular flexibility index (Phi) is 3.32. The molecule has 2 heterocycles. The van der Waals surface area contributed by atoms with Crippen LogP contribution in [-0.4, -0.2) is 42.7 Å². The monoisotopic (exact) mass is 246 g/mol. The predicted octanol–water partition coefficient (Wildman–Crippen LogP) is 1.37. The summed E-state index contributed by atoms with van der Waals surface area (Å²) in [6.07, 6.45) is -0.546. The van der Waals surface area contributed by atoms with Crippen molar-refractivity contribution in [1.82, 2.24) is 10.2 Å². The van der Waals surface area contributed by atoms with Gasteiger partial charge in [-0.15, -0.1) is 0 Å². The van der Waals surface area contributed by atoms with Gasteiger partial charge in [-0.3, -0.25) is 4.90 Å².